The summed E-state index contributed by atoms with van der Waals surface area (Å²) in [6.07, 6.45) is 1.31. The zero-order valence-corrected chi connectivity index (χ0v) is 13.3. The molecule has 130 valence electrons. The molecular weight excluding hydrogens is 338 g/mol. The number of benzene rings is 2. The zero-order chi connectivity index (χ0) is 18.5. The number of carbonyl (C=O) groups is 1. The van der Waals surface area contributed by atoms with Crippen LogP contribution in [-0.2, 0) is 0 Å². The van der Waals surface area contributed by atoms with E-state index < -0.39 is 10.8 Å². The number of nitro benzene ring substituents is 1. The van der Waals surface area contributed by atoms with Crippen molar-refractivity contribution in [3.8, 4) is 17.1 Å². The maximum Gasteiger partial charge on any atom is 0.271 e. The summed E-state index contributed by atoms with van der Waals surface area (Å²) in [5, 5.41) is 24.0. The smallest absolute Gasteiger partial charge is 0.271 e. The van der Waals surface area contributed by atoms with Gasteiger partial charge in [-0.2, -0.15) is 5.10 Å². The van der Waals surface area contributed by atoms with E-state index in [-0.39, 0.29) is 17.0 Å². The quantitative estimate of drug-likeness (QED) is 0.415. The highest BCUT2D eigenvalue weighted by atomic mass is 16.6. The molecule has 8 nitrogen and oxygen atoms in total. The third-order valence-electron chi connectivity index (χ3n) is 3.43. The van der Waals surface area contributed by atoms with Gasteiger partial charge in [-0.1, -0.05) is 18.2 Å². The molecule has 2 aromatic carbocycles. The molecular formula is C18H13N3O5. The van der Waals surface area contributed by atoms with E-state index in [1.807, 2.05) is 0 Å². The highest BCUT2D eigenvalue weighted by Gasteiger charge is 2.10. The molecule has 1 amide bonds. The largest absolute Gasteiger partial charge is 0.508 e. The van der Waals surface area contributed by atoms with Crippen molar-refractivity contribution in [1.82, 2.24) is 5.43 Å². The zero-order valence-electron chi connectivity index (χ0n) is 13.3. The Morgan fingerprint density at radius 2 is 1.96 bits per heavy atom. The van der Waals surface area contributed by atoms with E-state index in [4.69, 9.17) is 4.42 Å². The first kappa shape index (κ1) is 16.9. The van der Waals surface area contributed by atoms with E-state index in [2.05, 4.69) is 10.5 Å². The summed E-state index contributed by atoms with van der Waals surface area (Å²) in [7, 11) is 0. The number of hydrazone groups is 1. The summed E-state index contributed by atoms with van der Waals surface area (Å²) in [6.45, 7) is 0. The van der Waals surface area contributed by atoms with Crippen molar-refractivity contribution in [2.75, 3.05) is 0 Å². The van der Waals surface area contributed by atoms with E-state index in [1.54, 1.807) is 30.3 Å². The molecule has 1 aromatic heterocycles. The van der Waals surface area contributed by atoms with Gasteiger partial charge in [-0.25, -0.2) is 5.43 Å². The number of amides is 1. The minimum Gasteiger partial charge on any atom is -0.508 e. The number of phenolic OH excluding ortho intramolecular Hbond substituents is 1. The fourth-order valence-corrected chi connectivity index (χ4v) is 2.22. The van der Waals surface area contributed by atoms with E-state index >= 15 is 0 Å². The molecule has 0 saturated carbocycles. The number of aromatic hydroxyl groups is 1. The third-order valence-corrected chi connectivity index (χ3v) is 3.43. The number of nitro groups is 1. The molecule has 3 rings (SSSR count). The van der Waals surface area contributed by atoms with Crippen molar-refractivity contribution in [2.24, 2.45) is 5.10 Å². The van der Waals surface area contributed by atoms with Gasteiger partial charge in [0, 0.05) is 23.3 Å². The molecule has 0 aliphatic heterocycles. The van der Waals surface area contributed by atoms with Gasteiger partial charge in [0.25, 0.3) is 11.6 Å². The van der Waals surface area contributed by atoms with Crippen molar-refractivity contribution in [3.63, 3.8) is 0 Å². The molecule has 0 radical (unpaired) electrons. The van der Waals surface area contributed by atoms with Crippen molar-refractivity contribution >= 4 is 17.8 Å². The summed E-state index contributed by atoms with van der Waals surface area (Å²) in [5.41, 5.74) is 3.10. The van der Waals surface area contributed by atoms with Gasteiger partial charge in [0.05, 0.1) is 11.1 Å². The molecule has 0 unspecified atom stereocenters. The normalized spacial score (nSPS) is 10.8. The summed E-state index contributed by atoms with van der Waals surface area (Å²) < 4.78 is 5.55. The number of hydrogen-bond acceptors (Lipinski definition) is 6. The molecule has 0 bridgehead atoms. The Bertz CT molecular complexity index is 994. The molecule has 0 aliphatic carbocycles. The van der Waals surface area contributed by atoms with Crippen LogP contribution in [0.3, 0.4) is 0 Å². The minimum atomic E-state index is -0.484. The third kappa shape index (κ3) is 3.93. The van der Waals surface area contributed by atoms with Crippen LogP contribution in [0, 0.1) is 10.1 Å². The second kappa shape index (κ2) is 7.31. The van der Waals surface area contributed by atoms with Gasteiger partial charge in [0.1, 0.15) is 17.3 Å². The van der Waals surface area contributed by atoms with Crippen LogP contribution in [0.2, 0.25) is 0 Å². The van der Waals surface area contributed by atoms with Crippen LogP contribution in [0.5, 0.6) is 5.75 Å². The molecule has 2 N–H and O–H groups in total. The maximum atomic E-state index is 11.9. The summed E-state index contributed by atoms with van der Waals surface area (Å²) >= 11 is 0. The van der Waals surface area contributed by atoms with E-state index in [1.165, 1.54) is 36.5 Å². The first-order valence-corrected chi connectivity index (χ1v) is 7.50. The fourth-order valence-electron chi connectivity index (χ4n) is 2.22. The van der Waals surface area contributed by atoms with Crippen LogP contribution in [0.1, 0.15) is 16.1 Å². The highest BCUT2D eigenvalue weighted by Crippen LogP contribution is 2.25. The Morgan fingerprint density at radius 3 is 2.73 bits per heavy atom. The first-order valence-electron chi connectivity index (χ1n) is 7.50. The SMILES string of the molecule is O=C(N/N=C\c1ccc(-c2cccc([N+](=O)[O-])c2)o1)c1cccc(O)c1. The van der Waals surface area contributed by atoms with Crippen LogP contribution in [0.25, 0.3) is 11.3 Å². The first-order chi connectivity index (χ1) is 12.5. The molecule has 0 spiro atoms. The lowest BCUT2D eigenvalue weighted by Crippen LogP contribution is -2.17. The average Bonchev–Trinajstić information content (AvgIpc) is 3.10. The molecule has 0 fully saturated rings. The number of carbonyl (C=O) groups excluding carboxylic acids is 1. The highest BCUT2D eigenvalue weighted by molar-refractivity contribution is 5.95. The number of nitrogens with one attached hydrogen (secondary N) is 1. The van der Waals surface area contributed by atoms with Gasteiger partial charge in [-0.3, -0.25) is 14.9 Å². The van der Waals surface area contributed by atoms with E-state index in [9.17, 15) is 20.0 Å². The number of hydrogen-bond donors (Lipinski definition) is 2. The fraction of sp³-hybridized carbons (Fsp3) is 0. The summed E-state index contributed by atoms with van der Waals surface area (Å²) in [6, 6.07) is 15.2. The molecule has 8 heteroatoms. The second-order valence-electron chi connectivity index (χ2n) is 5.26. The average molecular weight is 351 g/mol. The Balaban J connectivity index is 1.68. The standard InChI is InChI=1S/C18H13N3O5/c22-15-6-2-4-13(10-15)18(23)20-19-11-16-7-8-17(26-16)12-3-1-5-14(9-12)21(24)25/h1-11,22H,(H,20,23)/b19-11-. The molecule has 3 aromatic rings. The number of furan rings is 1. The monoisotopic (exact) mass is 351 g/mol. The molecule has 0 saturated heterocycles. The Labute approximate surface area is 147 Å². The predicted molar refractivity (Wildman–Crippen MR) is 94.0 cm³/mol. The van der Waals surface area contributed by atoms with Gasteiger partial charge >= 0.3 is 0 Å². The lowest BCUT2D eigenvalue weighted by atomic mass is 10.1. The van der Waals surface area contributed by atoms with Crippen LogP contribution < -0.4 is 5.43 Å². The van der Waals surface area contributed by atoms with Gasteiger partial charge in [-0.05, 0) is 30.3 Å². The molecule has 1 heterocycles. The Kier molecular flexibility index (Phi) is 4.75. The topological polar surface area (TPSA) is 118 Å². The molecule has 26 heavy (non-hydrogen) atoms. The van der Waals surface area contributed by atoms with Crippen LogP contribution in [-0.4, -0.2) is 22.2 Å². The van der Waals surface area contributed by atoms with Crippen molar-refractivity contribution in [1.29, 1.82) is 0 Å². The Hall–Kier alpha value is -3.94. The van der Waals surface area contributed by atoms with Gasteiger partial charge in [-0.15, -0.1) is 0 Å². The van der Waals surface area contributed by atoms with Crippen LogP contribution >= 0.6 is 0 Å². The number of rotatable bonds is 5. The van der Waals surface area contributed by atoms with Crippen molar-refractivity contribution < 1.29 is 19.2 Å². The minimum absolute atomic E-state index is 0.0192. The van der Waals surface area contributed by atoms with Crippen molar-refractivity contribution in [2.45, 2.75) is 0 Å². The second-order valence-corrected chi connectivity index (χ2v) is 5.26. The Morgan fingerprint density at radius 1 is 1.15 bits per heavy atom. The van der Waals surface area contributed by atoms with Gasteiger partial charge in [0.2, 0.25) is 0 Å². The molecule has 0 aliphatic rings. The van der Waals surface area contributed by atoms with Gasteiger partial charge in [0.15, 0.2) is 0 Å². The number of phenols is 1. The van der Waals surface area contributed by atoms with E-state index in [0.717, 1.165) is 0 Å². The summed E-state index contributed by atoms with van der Waals surface area (Å²) in [4.78, 5) is 22.2. The van der Waals surface area contributed by atoms with Crippen LogP contribution in [0.4, 0.5) is 5.69 Å². The van der Waals surface area contributed by atoms with Crippen LogP contribution in [0.15, 0.2) is 70.2 Å². The van der Waals surface area contributed by atoms with Gasteiger partial charge < -0.3 is 9.52 Å². The predicted octanol–water partition coefficient (Wildman–Crippen LogP) is 3.32. The lowest BCUT2D eigenvalue weighted by molar-refractivity contribution is -0.384. The van der Waals surface area contributed by atoms with Crippen molar-refractivity contribution in [3.05, 3.63) is 82.1 Å². The lowest BCUT2D eigenvalue weighted by Gasteiger charge is -1.99. The number of non-ortho nitro benzene ring substituents is 1. The summed E-state index contributed by atoms with van der Waals surface area (Å²) in [5.74, 6) is 0.300. The number of nitrogens with zero attached hydrogens (tertiary/aromatic N) is 2. The van der Waals surface area contributed by atoms with E-state index in [0.29, 0.717) is 17.1 Å². The molecule has 0 atom stereocenters. The maximum absolute atomic E-state index is 11.9.